The highest BCUT2D eigenvalue weighted by molar-refractivity contribution is 6.12. The molecule has 0 bridgehead atoms. The molecule has 0 N–H and O–H groups in total. The second-order valence-electron chi connectivity index (χ2n) is 17.9. The van der Waals surface area contributed by atoms with E-state index in [1.54, 1.807) is 0 Å². The molecule has 1 spiro atoms. The molecule has 0 fully saturated rings. The van der Waals surface area contributed by atoms with Gasteiger partial charge in [0.05, 0.1) is 81.0 Å². The number of hydrogen-bond acceptors (Lipinski definition) is 5. The predicted octanol–water partition coefficient (Wildman–Crippen LogP) is 15.8. The summed E-state index contributed by atoms with van der Waals surface area (Å²) >= 11 is 0. The maximum Gasteiger partial charge on any atom is 0.188 e. The van der Waals surface area contributed by atoms with Gasteiger partial charge in [-0.15, -0.1) is 0 Å². The molecule has 0 radical (unpaired) electrons. The van der Waals surface area contributed by atoms with Crippen LogP contribution in [0.25, 0.3) is 76.1 Å². The molecule has 3 aliphatic rings. The first kappa shape index (κ1) is 38.2. The molecule has 70 heavy (non-hydrogen) atoms. The monoisotopic (exact) mass is 895 g/mol. The number of nitrogens with zero attached hydrogens (tertiary/aromatic N) is 7. The standard InChI is InChI=1S/C61H33N7O2/c1-62-36-24-28-49-42(31-36)40-13-3-5-16-47(40)66(49)38-26-27-44-57(34-38)70-56-23-11-20-53(68-48-17-6-4-14-41(48)43-32-37(63-2)25-29-50(43)68)58(56)61(44)45-15-12-30-64-59(45)60-46(61)33-39(35-65-60)67-51-18-7-9-21-54(51)69-55-22-10-8-19-52(55)67/h3-35H. The maximum absolute atomic E-state index is 7.93. The van der Waals surface area contributed by atoms with E-state index in [4.69, 9.17) is 32.6 Å². The van der Waals surface area contributed by atoms with E-state index in [1.165, 1.54) is 0 Å². The first-order valence-corrected chi connectivity index (χ1v) is 23.0. The summed E-state index contributed by atoms with van der Waals surface area (Å²) in [6.45, 7) is 15.7. The number of anilines is 3. The Labute approximate surface area is 400 Å². The third-order valence-corrected chi connectivity index (χ3v) is 14.4. The topological polar surface area (TPSA) is 66.1 Å². The maximum atomic E-state index is 7.93. The van der Waals surface area contributed by atoms with Crippen LogP contribution in [0, 0.1) is 13.1 Å². The zero-order chi connectivity index (χ0) is 46.2. The SMILES string of the molecule is [C-]#[N+]c1ccc2c(c1)c1ccccc1n2-c1ccc2c(c1)Oc1cccc(-n3c4ccccc4c4cc([N+]#[C-])ccc43)c1C21c2cccnc2-c2ncc(N3c4ccccc4Oc4ccccc43)cc21. The summed E-state index contributed by atoms with van der Waals surface area (Å²) < 4.78 is 18.5. The summed E-state index contributed by atoms with van der Waals surface area (Å²) in [5.74, 6) is 2.90. The molecule has 1 aliphatic carbocycles. The first-order valence-electron chi connectivity index (χ1n) is 23.0. The van der Waals surface area contributed by atoms with Gasteiger partial charge in [0, 0.05) is 45.4 Å². The number of benzene rings is 8. The molecule has 0 saturated carbocycles. The first-order chi connectivity index (χ1) is 34.6. The summed E-state index contributed by atoms with van der Waals surface area (Å²) in [5.41, 5.74) is 14.1. The molecule has 12 aromatic rings. The average Bonchev–Trinajstić information content (AvgIpc) is 4.03. The van der Waals surface area contributed by atoms with E-state index in [-0.39, 0.29) is 0 Å². The van der Waals surface area contributed by atoms with Crippen molar-refractivity contribution >= 4 is 72.0 Å². The van der Waals surface area contributed by atoms with Crippen molar-refractivity contribution in [3.63, 3.8) is 0 Å². The highest BCUT2D eigenvalue weighted by Crippen LogP contribution is 2.64. The third-order valence-electron chi connectivity index (χ3n) is 14.4. The van der Waals surface area contributed by atoms with Crippen molar-refractivity contribution in [2.75, 3.05) is 4.90 Å². The van der Waals surface area contributed by atoms with Crippen LogP contribution >= 0.6 is 0 Å². The van der Waals surface area contributed by atoms with Gasteiger partial charge in [-0.3, -0.25) is 9.97 Å². The molecule has 324 valence electrons. The zero-order valence-corrected chi connectivity index (χ0v) is 37.0. The highest BCUT2D eigenvalue weighted by Gasteiger charge is 2.54. The van der Waals surface area contributed by atoms with Gasteiger partial charge in [0.2, 0.25) is 0 Å². The Bertz CT molecular complexity index is 4330. The molecule has 2 aliphatic heterocycles. The number of pyridine rings is 2. The van der Waals surface area contributed by atoms with Crippen LogP contribution in [0.3, 0.4) is 0 Å². The summed E-state index contributed by atoms with van der Waals surface area (Å²) in [4.78, 5) is 20.4. The number of aromatic nitrogens is 4. The molecule has 0 saturated heterocycles. The van der Waals surface area contributed by atoms with Gasteiger partial charge in [0.15, 0.2) is 22.9 Å². The van der Waals surface area contributed by atoms with Crippen LogP contribution in [0.2, 0.25) is 0 Å². The van der Waals surface area contributed by atoms with E-state index in [2.05, 4.69) is 133 Å². The minimum absolute atomic E-state index is 0.583. The molecule has 4 aromatic heterocycles. The fourth-order valence-electron chi connectivity index (χ4n) is 11.7. The van der Waals surface area contributed by atoms with Crippen LogP contribution in [0.4, 0.5) is 28.4 Å². The largest absolute Gasteiger partial charge is 0.457 e. The van der Waals surface area contributed by atoms with Crippen LogP contribution in [-0.4, -0.2) is 19.1 Å². The second-order valence-corrected chi connectivity index (χ2v) is 17.9. The summed E-state index contributed by atoms with van der Waals surface area (Å²) in [5, 5.41) is 4.12. The van der Waals surface area contributed by atoms with Crippen LogP contribution in [0.15, 0.2) is 200 Å². The van der Waals surface area contributed by atoms with Gasteiger partial charge in [-0.2, -0.15) is 0 Å². The van der Waals surface area contributed by atoms with Gasteiger partial charge in [-0.1, -0.05) is 91.0 Å². The summed E-state index contributed by atoms with van der Waals surface area (Å²) in [6.07, 6.45) is 3.81. The normalized spacial score (nSPS) is 14.8. The number of fused-ring (bicyclic) bond motifs is 17. The molecule has 15 rings (SSSR count). The quantitative estimate of drug-likeness (QED) is 0.165. The fraction of sp³-hybridized carbons (Fsp3) is 0.0164. The third kappa shape index (κ3) is 4.96. The molecule has 9 nitrogen and oxygen atoms in total. The molecule has 6 heterocycles. The van der Waals surface area contributed by atoms with Crippen molar-refractivity contribution in [3.05, 3.63) is 246 Å². The summed E-state index contributed by atoms with van der Waals surface area (Å²) in [6, 6.07) is 64.3. The Hall–Kier alpha value is -9.96. The summed E-state index contributed by atoms with van der Waals surface area (Å²) in [7, 11) is 0. The molecule has 0 amide bonds. The zero-order valence-electron chi connectivity index (χ0n) is 37.0. The predicted molar refractivity (Wildman–Crippen MR) is 275 cm³/mol. The van der Waals surface area contributed by atoms with Crippen molar-refractivity contribution in [1.29, 1.82) is 0 Å². The minimum Gasteiger partial charge on any atom is -0.457 e. The van der Waals surface area contributed by atoms with Crippen LogP contribution in [-0.2, 0) is 5.41 Å². The van der Waals surface area contributed by atoms with Crippen molar-refractivity contribution < 1.29 is 9.47 Å². The fourth-order valence-corrected chi connectivity index (χ4v) is 11.7. The van der Waals surface area contributed by atoms with Crippen molar-refractivity contribution in [2.45, 2.75) is 5.41 Å². The molecule has 1 atom stereocenters. The Morgan fingerprint density at radius 1 is 0.414 bits per heavy atom. The lowest BCUT2D eigenvalue weighted by Gasteiger charge is -2.41. The smallest absolute Gasteiger partial charge is 0.188 e. The van der Waals surface area contributed by atoms with E-state index in [9.17, 15) is 0 Å². The lowest BCUT2D eigenvalue weighted by molar-refractivity contribution is 0.435. The molecular formula is C61H33N7O2. The van der Waals surface area contributed by atoms with Gasteiger partial charge >= 0.3 is 0 Å². The van der Waals surface area contributed by atoms with Crippen molar-refractivity contribution in [3.8, 4) is 45.8 Å². The average molecular weight is 896 g/mol. The van der Waals surface area contributed by atoms with Crippen LogP contribution < -0.4 is 14.4 Å². The van der Waals surface area contributed by atoms with E-state index < -0.39 is 5.41 Å². The Morgan fingerprint density at radius 3 is 1.71 bits per heavy atom. The van der Waals surface area contributed by atoms with E-state index >= 15 is 0 Å². The number of hydrogen-bond donors (Lipinski definition) is 0. The van der Waals surface area contributed by atoms with E-state index in [0.717, 1.165) is 117 Å². The van der Waals surface area contributed by atoms with Crippen molar-refractivity contribution in [2.24, 2.45) is 0 Å². The Balaban J connectivity index is 1.06. The van der Waals surface area contributed by atoms with Gasteiger partial charge < -0.3 is 23.5 Å². The number of ether oxygens (including phenoxy) is 2. The Kier molecular flexibility index (Phi) is 7.65. The second kappa shape index (κ2) is 14.0. The van der Waals surface area contributed by atoms with Gasteiger partial charge in [0.1, 0.15) is 11.5 Å². The van der Waals surface area contributed by atoms with Crippen molar-refractivity contribution in [1.82, 2.24) is 19.1 Å². The van der Waals surface area contributed by atoms with Crippen LogP contribution in [0.1, 0.15) is 22.3 Å². The lowest BCUT2D eigenvalue weighted by Crippen LogP contribution is -2.34. The van der Waals surface area contributed by atoms with Gasteiger partial charge in [-0.25, -0.2) is 9.69 Å². The minimum atomic E-state index is -1.02. The lowest BCUT2D eigenvalue weighted by atomic mass is 9.65. The number of para-hydroxylation sites is 6. The van der Waals surface area contributed by atoms with E-state index in [0.29, 0.717) is 22.9 Å². The van der Waals surface area contributed by atoms with Crippen LogP contribution in [0.5, 0.6) is 23.0 Å². The molecule has 8 aromatic carbocycles. The molecule has 9 heteroatoms. The number of rotatable bonds is 3. The molecular weight excluding hydrogens is 863 g/mol. The van der Waals surface area contributed by atoms with E-state index in [1.807, 2.05) is 91.3 Å². The van der Waals surface area contributed by atoms with Gasteiger partial charge in [-0.05, 0) is 107 Å². The highest BCUT2D eigenvalue weighted by atomic mass is 16.5. The Morgan fingerprint density at radius 2 is 1.00 bits per heavy atom. The van der Waals surface area contributed by atoms with Gasteiger partial charge in [0.25, 0.3) is 0 Å². The molecule has 1 unspecified atom stereocenters.